The van der Waals surface area contributed by atoms with Crippen LogP contribution in [0.5, 0.6) is 0 Å². The summed E-state index contributed by atoms with van der Waals surface area (Å²) in [6.45, 7) is 4.15. The Balaban J connectivity index is 1.51. The second-order valence-corrected chi connectivity index (χ2v) is 8.00. The first-order chi connectivity index (χ1) is 14.2. The zero-order valence-electron chi connectivity index (χ0n) is 16.3. The van der Waals surface area contributed by atoms with Crippen LogP contribution in [0.2, 0.25) is 0 Å². The Labute approximate surface area is 171 Å². The molecule has 10 heteroatoms. The van der Waals surface area contributed by atoms with Crippen LogP contribution in [0.1, 0.15) is 25.0 Å². The van der Waals surface area contributed by atoms with Crippen LogP contribution >= 0.6 is 0 Å². The summed E-state index contributed by atoms with van der Waals surface area (Å²) in [5.41, 5.74) is -0.186. The molecule has 0 radical (unpaired) electrons. The predicted octanol–water partition coefficient (Wildman–Crippen LogP) is 3.00. The van der Waals surface area contributed by atoms with Gasteiger partial charge in [0.15, 0.2) is 0 Å². The molecule has 0 bridgehead atoms. The topological polar surface area (TPSA) is 117 Å². The third-order valence-corrected chi connectivity index (χ3v) is 6.25. The molecule has 3 aliphatic heterocycles. The highest BCUT2D eigenvalue weighted by Crippen LogP contribution is 2.55. The summed E-state index contributed by atoms with van der Waals surface area (Å²) >= 11 is 0. The largest absolute Gasteiger partial charge is 0.355 e. The van der Waals surface area contributed by atoms with Crippen LogP contribution in [0.25, 0.3) is 0 Å². The second kappa shape index (κ2) is 6.29. The van der Waals surface area contributed by atoms with E-state index in [1.54, 1.807) is 24.3 Å². The van der Waals surface area contributed by atoms with E-state index in [0.29, 0.717) is 6.61 Å². The smallest absolute Gasteiger partial charge is 0.269 e. The van der Waals surface area contributed by atoms with Crippen LogP contribution in [0.4, 0.5) is 11.4 Å². The van der Waals surface area contributed by atoms with Crippen LogP contribution in [0, 0.1) is 20.2 Å². The minimum atomic E-state index is -0.861. The van der Waals surface area contributed by atoms with Gasteiger partial charge in [-0.05, 0) is 49.2 Å². The van der Waals surface area contributed by atoms with Gasteiger partial charge >= 0.3 is 0 Å². The maximum Gasteiger partial charge on any atom is 0.269 e. The monoisotopic (exact) mass is 413 g/mol. The molecule has 30 heavy (non-hydrogen) atoms. The van der Waals surface area contributed by atoms with Gasteiger partial charge in [0.1, 0.15) is 29.9 Å². The van der Waals surface area contributed by atoms with Gasteiger partial charge in [0.2, 0.25) is 0 Å². The lowest BCUT2D eigenvalue weighted by Crippen LogP contribution is -2.40. The molecule has 0 N–H and O–H groups in total. The van der Waals surface area contributed by atoms with Crippen LogP contribution in [-0.2, 0) is 25.4 Å². The third kappa shape index (κ3) is 2.51. The van der Waals surface area contributed by atoms with Crippen LogP contribution in [0.15, 0.2) is 48.5 Å². The average Bonchev–Trinajstić information content (AvgIpc) is 3.36. The van der Waals surface area contributed by atoms with E-state index < -0.39 is 33.5 Å². The lowest BCUT2D eigenvalue weighted by molar-refractivity contribution is -0.385. The first kappa shape index (κ1) is 19.1. The first-order valence-electron chi connectivity index (χ1n) is 9.48. The standard InChI is InChI=1S/C20H19N3O7/c1-19(12-3-7-14(8-4-12)22(24)25)17-21-16(11-28-17)29-20(2,18(21)30-19)13-5-9-15(10-6-13)23(26)27/h3-10,16-18H,11H2,1-2H3/t16-,17-,18-,19-,20+/m0/s1. The Morgan fingerprint density at radius 2 is 1.30 bits per heavy atom. The molecule has 0 saturated carbocycles. The molecule has 0 amide bonds. The third-order valence-electron chi connectivity index (χ3n) is 6.25. The number of nitro groups is 2. The van der Waals surface area contributed by atoms with Gasteiger partial charge in [0.05, 0.1) is 16.5 Å². The van der Waals surface area contributed by atoms with E-state index in [4.69, 9.17) is 14.2 Å². The molecule has 2 aromatic rings. The summed E-state index contributed by atoms with van der Waals surface area (Å²) in [7, 11) is 0. The van der Waals surface area contributed by atoms with Gasteiger partial charge in [-0.3, -0.25) is 20.2 Å². The number of nitrogens with zero attached hydrogens (tertiary/aromatic N) is 3. The Kier molecular flexibility index (Phi) is 4.00. The van der Waals surface area contributed by atoms with Gasteiger partial charge in [0.25, 0.3) is 11.4 Å². The van der Waals surface area contributed by atoms with E-state index in [0.717, 1.165) is 11.1 Å². The number of benzene rings is 2. The van der Waals surface area contributed by atoms with E-state index in [9.17, 15) is 20.2 Å². The fourth-order valence-electron chi connectivity index (χ4n) is 4.65. The zero-order valence-corrected chi connectivity index (χ0v) is 16.3. The number of hydrogen-bond donors (Lipinski definition) is 0. The molecule has 5 rings (SSSR count). The zero-order chi connectivity index (χ0) is 21.3. The van der Waals surface area contributed by atoms with Crippen molar-refractivity contribution < 1.29 is 24.1 Å². The number of ether oxygens (including phenoxy) is 3. The highest BCUT2D eigenvalue weighted by Gasteiger charge is 2.68. The lowest BCUT2D eigenvalue weighted by Gasteiger charge is -2.32. The Hall–Kier alpha value is -2.92. The first-order valence-corrected chi connectivity index (χ1v) is 9.48. The number of non-ortho nitro benzene ring substituents is 2. The number of nitro benzene ring substituents is 2. The molecule has 3 aliphatic rings. The van der Waals surface area contributed by atoms with E-state index >= 15 is 0 Å². The molecule has 3 fully saturated rings. The molecule has 0 unspecified atom stereocenters. The van der Waals surface area contributed by atoms with Crippen molar-refractivity contribution in [2.24, 2.45) is 0 Å². The minimum Gasteiger partial charge on any atom is -0.355 e. The summed E-state index contributed by atoms with van der Waals surface area (Å²) in [5, 5.41) is 22.0. The van der Waals surface area contributed by atoms with Crippen LogP contribution in [0.3, 0.4) is 0 Å². The molecular weight excluding hydrogens is 394 g/mol. The molecule has 3 saturated heterocycles. The predicted molar refractivity (Wildman–Crippen MR) is 102 cm³/mol. The van der Waals surface area contributed by atoms with Gasteiger partial charge in [0, 0.05) is 24.3 Å². The Morgan fingerprint density at radius 3 is 1.77 bits per heavy atom. The van der Waals surface area contributed by atoms with Gasteiger partial charge in [-0.15, -0.1) is 0 Å². The van der Waals surface area contributed by atoms with E-state index in [-0.39, 0.29) is 17.6 Å². The highest BCUT2D eigenvalue weighted by atomic mass is 16.7. The van der Waals surface area contributed by atoms with Crippen molar-refractivity contribution in [1.82, 2.24) is 4.90 Å². The summed E-state index contributed by atoms with van der Waals surface area (Å²) in [6, 6.07) is 12.5. The van der Waals surface area contributed by atoms with E-state index in [2.05, 4.69) is 0 Å². The fraction of sp³-hybridized carbons (Fsp3) is 0.400. The van der Waals surface area contributed by atoms with Crippen molar-refractivity contribution in [3.05, 3.63) is 79.9 Å². The van der Waals surface area contributed by atoms with E-state index in [1.165, 1.54) is 24.3 Å². The second-order valence-electron chi connectivity index (χ2n) is 8.00. The van der Waals surface area contributed by atoms with Crippen molar-refractivity contribution in [3.63, 3.8) is 0 Å². The maximum absolute atomic E-state index is 11.0. The summed E-state index contributed by atoms with van der Waals surface area (Å²) in [4.78, 5) is 23.1. The van der Waals surface area contributed by atoms with E-state index in [1.807, 2.05) is 18.7 Å². The van der Waals surface area contributed by atoms with Crippen molar-refractivity contribution in [1.29, 1.82) is 0 Å². The molecule has 10 nitrogen and oxygen atoms in total. The number of hydrogen-bond acceptors (Lipinski definition) is 8. The molecule has 5 atom stereocenters. The molecule has 3 heterocycles. The molecule has 0 aliphatic carbocycles. The number of rotatable bonds is 4. The minimum absolute atomic E-state index is 0.00474. The SMILES string of the molecule is C[C@@]1(c2ccc([N+](=O)[O-])cc2)O[C@@H]2N3[C@H](CO[C@H]31)O[C@]2(C)c1ccc([N+](=O)[O-])cc1. The van der Waals surface area contributed by atoms with Gasteiger partial charge in [-0.1, -0.05) is 0 Å². The van der Waals surface area contributed by atoms with Crippen LogP contribution < -0.4 is 0 Å². The Morgan fingerprint density at radius 1 is 0.833 bits per heavy atom. The van der Waals surface area contributed by atoms with Crippen molar-refractivity contribution in [3.8, 4) is 0 Å². The van der Waals surface area contributed by atoms with Gasteiger partial charge in [-0.2, -0.15) is 0 Å². The molecule has 2 aromatic carbocycles. The molecule has 0 aromatic heterocycles. The van der Waals surface area contributed by atoms with Crippen molar-refractivity contribution in [2.75, 3.05) is 6.61 Å². The quantitative estimate of drug-likeness (QED) is 0.555. The lowest BCUT2D eigenvalue weighted by atomic mass is 9.93. The summed E-state index contributed by atoms with van der Waals surface area (Å²) < 4.78 is 18.8. The van der Waals surface area contributed by atoms with Gasteiger partial charge < -0.3 is 14.2 Å². The highest BCUT2D eigenvalue weighted by molar-refractivity contribution is 5.39. The molecular formula is C20H19N3O7. The van der Waals surface area contributed by atoms with Crippen molar-refractivity contribution in [2.45, 2.75) is 43.7 Å². The average molecular weight is 413 g/mol. The molecule has 156 valence electrons. The maximum atomic E-state index is 11.0. The van der Waals surface area contributed by atoms with Gasteiger partial charge in [-0.25, -0.2) is 4.90 Å². The molecule has 0 spiro atoms. The summed E-state index contributed by atoms with van der Waals surface area (Å²) in [6.07, 6.45) is -1.23. The normalized spacial score (nSPS) is 34.8. The Bertz CT molecular complexity index is 970. The summed E-state index contributed by atoms with van der Waals surface area (Å²) in [5.74, 6) is 0. The van der Waals surface area contributed by atoms with Crippen molar-refractivity contribution >= 4 is 11.4 Å². The van der Waals surface area contributed by atoms with Crippen LogP contribution in [-0.4, -0.2) is 40.0 Å². The fourth-order valence-corrected chi connectivity index (χ4v) is 4.65.